The minimum absolute atomic E-state index is 0.296. The largest absolute Gasteiger partial charge is 0.379 e. The van der Waals surface area contributed by atoms with E-state index < -0.39 is 0 Å². The number of ether oxygens (including phenoxy) is 1. The molecule has 2 atom stereocenters. The van der Waals surface area contributed by atoms with Gasteiger partial charge >= 0.3 is 0 Å². The molecule has 1 heterocycles. The minimum Gasteiger partial charge on any atom is -0.379 e. The molecule has 0 aliphatic heterocycles. The number of aromatic nitrogens is 2. The number of nitrogens with one attached hydrogen (secondary N) is 1. The van der Waals surface area contributed by atoms with Crippen LogP contribution in [-0.4, -0.2) is 29.2 Å². The van der Waals surface area contributed by atoms with Gasteiger partial charge in [0, 0.05) is 18.5 Å². The molecule has 4 heteroatoms. The predicted molar refractivity (Wildman–Crippen MR) is 63.6 cm³/mol. The Morgan fingerprint density at radius 3 is 2.56 bits per heavy atom. The van der Waals surface area contributed by atoms with Crippen LogP contribution in [0.4, 0.5) is 5.95 Å². The first-order valence-electron chi connectivity index (χ1n) is 5.80. The lowest BCUT2D eigenvalue weighted by atomic mass is 10.2. The van der Waals surface area contributed by atoms with E-state index in [1.807, 2.05) is 19.9 Å². The van der Waals surface area contributed by atoms with Crippen molar-refractivity contribution in [3.63, 3.8) is 0 Å². The Morgan fingerprint density at radius 2 is 1.94 bits per heavy atom. The lowest BCUT2D eigenvalue weighted by molar-refractivity contribution is 0.101. The molecule has 1 aromatic rings. The van der Waals surface area contributed by atoms with Crippen LogP contribution in [0.2, 0.25) is 0 Å². The van der Waals surface area contributed by atoms with Crippen LogP contribution < -0.4 is 5.32 Å². The molecule has 2 rings (SSSR count). The maximum Gasteiger partial charge on any atom is 0.223 e. The third-order valence-corrected chi connectivity index (χ3v) is 3.05. The second kappa shape index (κ2) is 4.78. The van der Waals surface area contributed by atoms with Gasteiger partial charge in [-0.05, 0) is 39.2 Å². The van der Waals surface area contributed by atoms with E-state index in [1.165, 1.54) is 6.42 Å². The Labute approximate surface area is 96.4 Å². The molecule has 1 aliphatic carbocycles. The summed E-state index contributed by atoms with van der Waals surface area (Å²) in [5, 5.41) is 3.38. The fourth-order valence-electron chi connectivity index (χ4n) is 2.33. The first kappa shape index (κ1) is 11.3. The van der Waals surface area contributed by atoms with Gasteiger partial charge in [-0.1, -0.05) is 0 Å². The van der Waals surface area contributed by atoms with Crippen molar-refractivity contribution in [2.45, 2.75) is 45.3 Å². The molecule has 0 spiro atoms. The summed E-state index contributed by atoms with van der Waals surface area (Å²) in [4.78, 5) is 8.78. The van der Waals surface area contributed by atoms with Crippen LogP contribution in [0.5, 0.6) is 0 Å². The zero-order chi connectivity index (χ0) is 11.5. The quantitative estimate of drug-likeness (QED) is 0.848. The van der Waals surface area contributed by atoms with Crippen LogP contribution in [0.25, 0.3) is 0 Å². The number of hydrogen-bond acceptors (Lipinski definition) is 4. The number of rotatable bonds is 3. The highest BCUT2D eigenvalue weighted by Gasteiger charge is 2.27. The summed E-state index contributed by atoms with van der Waals surface area (Å²) in [6.07, 6.45) is 3.76. The van der Waals surface area contributed by atoms with Crippen molar-refractivity contribution >= 4 is 5.95 Å². The second-order valence-electron chi connectivity index (χ2n) is 4.43. The van der Waals surface area contributed by atoms with Gasteiger partial charge in [-0.3, -0.25) is 0 Å². The van der Waals surface area contributed by atoms with Crippen molar-refractivity contribution in [1.29, 1.82) is 0 Å². The molecule has 0 saturated heterocycles. The molecule has 1 saturated carbocycles. The van der Waals surface area contributed by atoms with Crippen LogP contribution in [0.1, 0.15) is 30.7 Å². The van der Waals surface area contributed by atoms with E-state index in [9.17, 15) is 0 Å². The number of hydrogen-bond donors (Lipinski definition) is 1. The number of nitrogens with zero attached hydrogens (tertiary/aromatic N) is 2. The molecule has 16 heavy (non-hydrogen) atoms. The van der Waals surface area contributed by atoms with E-state index in [0.717, 1.165) is 30.2 Å². The van der Waals surface area contributed by atoms with Crippen LogP contribution in [0.3, 0.4) is 0 Å². The van der Waals surface area contributed by atoms with Gasteiger partial charge in [-0.2, -0.15) is 0 Å². The summed E-state index contributed by atoms with van der Waals surface area (Å²) >= 11 is 0. The van der Waals surface area contributed by atoms with Gasteiger partial charge in [0.05, 0.1) is 12.1 Å². The van der Waals surface area contributed by atoms with Crippen molar-refractivity contribution in [2.75, 3.05) is 12.4 Å². The van der Waals surface area contributed by atoms with E-state index in [2.05, 4.69) is 15.3 Å². The molecule has 4 nitrogen and oxygen atoms in total. The van der Waals surface area contributed by atoms with Crippen LogP contribution in [-0.2, 0) is 4.74 Å². The van der Waals surface area contributed by atoms with Gasteiger partial charge in [0.25, 0.3) is 0 Å². The highest BCUT2D eigenvalue weighted by atomic mass is 16.5. The summed E-state index contributed by atoms with van der Waals surface area (Å²) in [5.74, 6) is 0.728. The van der Waals surface area contributed by atoms with Crippen molar-refractivity contribution in [2.24, 2.45) is 0 Å². The molecular formula is C12H19N3O. The maximum atomic E-state index is 5.44. The number of aryl methyl sites for hydroxylation is 2. The molecule has 88 valence electrons. The lowest BCUT2D eigenvalue weighted by Crippen LogP contribution is -2.30. The molecule has 0 radical (unpaired) electrons. The van der Waals surface area contributed by atoms with E-state index in [4.69, 9.17) is 4.74 Å². The van der Waals surface area contributed by atoms with Gasteiger partial charge in [-0.25, -0.2) is 9.97 Å². The topological polar surface area (TPSA) is 47.0 Å². The van der Waals surface area contributed by atoms with Crippen molar-refractivity contribution in [1.82, 2.24) is 9.97 Å². The molecule has 0 bridgehead atoms. The first-order chi connectivity index (χ1) is 7.69. The predicted octanol–water partition coefficient (Wildman–Crippen LogP) is 2.07. The lowest BCUT2D eigenvalue weighted by Gasteiger charge is -2.19. The standard InChI is InChI=1S/C12H19N3O/c1-8-7-9(2)14-12(13-8)15-10-5-4-6-11(10)16-3/h7,10-11H,4-6H2,1-3H3,(H,13,14,15). The Hall–Kier alpha value is -1.16. The minimum atomic E-state index is 0.296. The third-order valence-electron chi connectivity index (χ3n) is 3.05. The van der Waals surface area contributed by atoms with Gasteiger partial charge in [0.15, 0.2) is 0 Å². The van der Waals surface area contributed by atoms with Gasteiger partial charge in [0.2, 0.25) is 5.95 Å². The van der Waals surface area contributed by atoms with Gasteiger partial charge in [-0.15, -0.1) is 0 Å². The zero-order valence-electron chi connectivity index (χ0n) is 10.2. The highest BCUT2D eigenvalue weighted by molar-refractivity contribution is 5.30. The number of methoxy groups -OCH3 is 1. The van der Waals surface area contributed by atoms with Crippen molar-refractivity contribution in [3.8, 4) is 0 Å². The molecule has 1 N–H and O–H groups in total. The van der Waals surface area contributed by atoms with E-state index in [0.29, 0.717) is 12.1 Å². The maximum absolute atomic E-state index is 5.44. The SMILES string of the molecule is COC1CCCC1Nc1nc(C)cc(C)n1. The summed E-state index contributed by atoms with van der Waals surface area (Å²) in [6.45, 7) is 3.98. The molecule has 0 amide bonds. The fourth-order valence-corrected chi connectivity index (χ4v) is 2.33. The normalized spacial score (nSPS) is 24.7. The highest BCUT2D eigenvalue weighted by Crippen LogP contribution is 2.24. The first-order valence-corrected chi connectivity index (χ1v) is 5.80. The van der Waals surface area contributed by atoms with Gasteiger partial charge < -0.3 is 10.1 Å². The van der Waals surface area contributed by atoms with Crippen molar-refractivity contribution < 1.29 is 4.74 Å². The Kier molecular flexibility index (Phi) is 3.39. The molecule has 2 unspecified atom stereocenters. The Balaban J connectivity index is 2.08. The molecule has 1 aromatic heterocycles. The average molecular weight is 221 g/mol. The van der Waals surface area contributed by atoms with E-state index in [1.54, 1.807) is 7.11 Å². The summed E-state index contributed by atoms with van der Waals surface area (Å²) in [5.41, 5.74) is 2.00. The van der Waals surface area contributed by atoms with Crippen LogP contribution in [0.15, 0.2) is 6.07 Å². The number of anilines is 1. The fraction of sp³-hybridized carbons (Fsp3) is 0.667. The third kappa shape index (κ3) is 2.50. The van der Waals surface area contributed by atoms with E-state index in [-0.39, 0.29) is 0 Å². The van der Waals surface area contributed by atoms with Crippen LogP contribution >= 0.6 is 0 Å². The summed E-state index contributed by atoms with van der Waals surface area (Å²) in [7, 11) is 1.77. The average Bonchev–Trinajstić information content (AvgIpc) is 2.63. The monoisotopic (exact) mass is 221 g/mol. The Bertz CT molecular complexity index is 347. The molecule has 1 fully saturated rings. The van der Waals surface area contributed by atoms with E-state index >= 15 is 0 Å². The van der Waals surface area contributed by atoms with Gasteiger partial charge in [0.1, 0.15) is 0 Å². The van der Waals surface area contributed by atoms with Crippen LogP contribution in [0, 0.1) is 13.8 Å². The summed E-state index contributed by atoms with van der Waals surface area (Å²) < 4.78 is 5.44. The zero-order valence-corrected chi connectivity index (χ0v) is 10.2. The molecule has 0 aromatic carbocycles. The van der Waals surface area contributed by atoms with Crippen molar-refractivity contribution in [3.05, 3.63) is 17.5 Å². The molecular weight excluding hydrogens is 202 g/mol. The second-order valence-corrected chi connectivity index (χ2v) is 4.43. The smallest absolute Gasteiger partial charge is 0.223 e. The molecule has 1 aliphatic rings. The summed E-state index contributed by atoms with van der Waals surface area (Å²) in [6, 6.07) is 2.33. The Morgan fingerprint density at radius 1 is 1.25 bits per heavy atom.